The number of fused-ring (bicyclic) bond motifs is 2. The highest BCUT2D eigenvalue weighted by molar-refractivity contribution is 6.14. The molecule has 0 heterocycles. The monoisotopic (exact) mass is 238 g/mol. The third-order valence-electron chi connectivity index (χ3n) is 3.66. The highest BCUT2D eigenvalue weighted by Crippen LogP contribution is 2.40. The lowest BCUT2D eigenvalue weighted by atomic mass is 9.77. The number of phenols is 1. The van der Waals surface area contributed by atoms with Gasteiger partial charge in [-0.05, 0) is 29.7 Å². The molecule has 1 aliphatic carbocycles. The molecule has 1 aliphatic rings. The summed E-state index contributed by atoms with van der Waals surface area (Å²) in [5, 5.41) is 10.0. The smallest absolute Gasteiger partial charge is 0.197 e. The molecular formula is C16H14O2. The molecule has 2 heteroatoms. The quantitative estimate of drug-likeness (QED) is 0.763. The van der Waals surface area contributed by atoms with E-state index in [1.807, 2.05) is 37.3 Å². The zero-order valence-electron chi connectivity index (χ0n) is 10.4. The molecule has 0 saturated heterocycles. The summed E-state index contributed by atoms with van der Waals surface area (Å²) < 4.78 is 0. The predicted octanol–water partition coefficient (Wildman–Crippen LogP) is 3.40. The van der Waals surface area contributed by atoms with E-state index in [0.29, 0.717) is 11.1 Å². The van der Waals surface area contributed by atoms with E-state index in [4.69, 9.17) is 0 Å². The van der Waals surface area contributed by atoms with Crippen molar-refractivity contribution in [2.75, 3.05) is 0 Å². The first-order valence-electron chi connectivity index (χ1n) is 6.06. The summed E-state index contributed by atoms with van der Waals surface area (Å²) in [5.74, 6) is 0.159. The summed E-state index contributed by atoms with van der Waals surface area (Å²) in [4.78, 5) is 12.4. The molecule has 1 unspecified atom stereocenters. The van der Waals surface area contributed by atoms with Crippen molar-refractivity contribution in [3.63, 3.8) is 0 Å². The van der Waals surface area contributed by atoms with Crippen molar-refractivity contribution >= 4 is 5.78 Å². The summed E-state index contributed by atoms with van der Waals surface area (Å²) in [6, 6.07) is 11.3. The Morgan fingerprint density at radius 1 is 1.11 bits per heavy atom. The summed E-state index contributed by atoms with van der Waals surface area (Å²) >= 11 is 0. The van der Waals surface area contributed by atoms with E-state index >= 15 is 0 Å². The van der Waals surface area contributed by atoms with Gasteiger partial charge in [0.25, 0.3) is 0 Å². The Morgan fingerprint density at radius 2 is 1.83 bits per heavy atom. The van der Waals surface area contributed by atoms with Crippen molar-refractivity contribution in [2.45, 2.75) is 19.8 Å². The molecule has 2 aromatic rings. The van der Waals surface area contributed by atoms with E-state index in [1.54, 1.807) is 6.07 Å². The molecule has 0 bridgehead atoms. The summed E-state index contributed by atoms with van der Waals surface area (Å²) in [6.07, 6.45) is 0. The summed E-state index contributed by atoms with van der Waals surface area (Å²) in [6.45, 7) is 4.00. The lowest BCUT2D eigenvalue weighted by Gasteiger charge is -2.25. The van der Waals surface area contributed by atoms with Crippen molar-refractivity contribution < 1.29 is 9.90 Å². The topological polar surface area (TPSA) is 37.3 Å². The molecule has 2 nitrogen and oxygen atoms in total. The number of hydrogen-bond donors (Lipinski definition) is 1. The number of phenolic OH excluding ortho intramolecular Hbond substituents is 1. The molecular weight excluding hydrogens is 224 g/mol. The maximum atomic E-state index is 12.4. The van der Waals surface area contributed by atoms with Crippen LogP contribution in [0.1, 0.15) is 45.5 Å². The molecule has 0 saturated carbocycles. The second kappa shape index (κ2) is 3.70. The molecule has 1 N–H and O–H groups in total. The molecule has 2 aromatic carbocycles. The van der Waals surface area contributed by atoms with E-state index < -0.39 is 0 Å². The second-order valence-electron chi connectivity index (χ2n) is 4.89. The van der Waals surface area contributed by atoms with Crippen molar-refractivity contribution in [1.29, 1.82) is 0 Å². The van der Waals surface area contributed by atoms with Gasteiger partial charge in [0.1, 0.15) is 5.75 Å². The Kier molecular flexibility index (Phi) is 2.27. The maximum absolute atomic E-state index is 12.4. The standard InChI is InChI=1S/C16H14O2/c1-9-7-13-10(2)11-5-3-4-6-12(11)16(18)15(13)14(17)8-9/h3-8,10,17H,1-2H3. The van der Waals surface area contributed by atoms with Gasteiger partial charge in [-0.15, -0.1) is 0 Å². The molecule has 3 rings (SSSR count). The number of hydrogen-bond acceptors (Lipinski definition) is 2. The fraction of sp³-hybridized carbons (Fsp3) is 0.188. The van der Waals surface area contributed by atoms with E-state index in [-0.39, 0.29) is 17.5 Å². The summed E-state index contributed by atoms with van der Waals surface area (Å²) in [7, 11) is 0. The Balaban J connectivity index is 2.34. The molecule has 0 amide bonds. The number of rotatable bonds is 0. The average molecular weight is 238 g/mol. The fourth-order valence-electron chi connectivity index (χ4n) is 2.77. The van der Waals surface area contributed by atoms with Gasteiger partial charge in [-0.1, -0.05) is 37.3 Å². The van der Waals surface area contributed by atoms with E-state index in [9.17, 15) is 9.90 Å². The first kappa shape index (κ1) is 11.0. The predicted molar refractivity (Wildman–Crippen MR) is 70.2 cm³/mol. The number of carbonyl (C=O) groups is 1. The third-order valence-corrected chi connectivity index (χ3v) is 3.66. The van der Waals surface area contributed by atoms with Crippen LogP contribution >= 0.6 is 0 Å². The van der Waals surface area contributed by atoms with Crippen LogP contribution in [0.5, 0.6) is 5.75 Å². The summed E-state index contributed by atoms with van der Waals surface area (Å²) in [5.41, 5.74) is 4.12. The number of benzene rings is 2. The van der Waals surface area contributed by atoms with Crippen LogP contribution < -0.4 is 0 Å². The highest BCUT2D eigenvalue weighted by atomic mass is 16.3. The first-order chi connectivity index (χ1) is 8.59. The zero-order valence-corrected chi connectivity index (χ0v) is 10.4. The van der Waals surface area contributed by atoms with Gasteiger partial charge in [-0.25, -0.2) is 0 Å². The molecule has 18 heavy (non-hydrogen) atoms. The van der Waals surface area contributed by atoms with Crippen LogP contribution in [-0.2, 0) is 0 Å². The first-order valence-corrected chi connectivity index (χ1v) is 6.06. The van der Waals surface area contributed by atoms with Gasteiger partial charge in [0, 0.05) is 11.5 Å². The lowest BCUT2D eigenvalue weighted by Crippen LogP contribution is -2.18. The van der Waals surface area contributed by atoms with Crippen LogP contribution in [0, 0.1) is 6.92 Å². The molecule has 0 spiro atoms. The number of aryl methyl sites for hydroxylation is 1. The van der Waals surface area contributed by atoms with Gasteiger partial charge in [0.2, 0.25) is 0 Å². The van der Waals surface area contributed by atoms with E-state index in [2.05, 4.69) is 6.92 Å². The maximum Gasteiger partial charge on any atom is 0.197 e. The second-order valence-corrected chi connectivity index (χ2v) is 4.89. The van der Waals surface area contributed by atoms with Crippen molar-refractivity contribution in [1.82, 2.24) is 0 Å². The molecule has 0 radical (unpaired) electrons. The van der Waals surface area contributed by atoms with Crippen molar-refractivity contribution in [3.8, 4) is 5.75 Å². The third kappa shape index (κ3) is 1.39. The minimum atomic E-state index is -0.0730. The Bertz CT molecular complexity index is 656. The molecule has 0 aromatic heterocycles. The van der Waals surface area contributed by atoms with Crippen LogP contribution in [0.2, 0.25) is 0 Å². The van der Waals surface area contributed by atoms with Crippen molar-refractivity contribution in [3.05, 3.63) is 64.2 Å². The van der Waals surface area contributed by atoms with Gasteiger partial charge in [0.15, 0.2) is 5.78 Å². The Morgan fingerprint density at radius 3 is 2.61 bits per heavy atom. The number of aromatic hydroxyl groups is 1. The Labute approximate surface area is 106 Å². The van der Waals surface area contributed by atoms with Crippen LogP contribution in [0.25, 0.3) is 0 Å². The average Bonchev–Trinajstić information content (AvgIpc) is 2.35. The van der Waals surface area contributed by atoms with Gasteiger partial charge in [0.05, 0.1) is 5.56 Å². The van der Waals surface area contributed by atoms with Crippen LogP contribution in [0.3, 0.4) is 0 Å². The zero-order chi connectivity index (χ0) is 12.9. The minimum Gasteiger partial charge on any atom is -0.507 e. The normalized spacial score (nSPS) is 17.2. The molecule has 0 fully saturated rings. The minimum absolute atomic E-state index is 0.0730. The van der Waals surface area contributed by atoms with E-state index in [0.717, 1.165) is 16.7 Å². The lowest BCUT2D eigenvalue weighted by molar-refractivity contribution is 0.103. The highest BCUT2D eigenvalue weighted by Gasteiger charge is 2.30. The van der Waals surface area contributed by atoms with E-state index in [1.165, 1.54) is 0 Å². The van der Waals surface area contributed by atoms with Gasteiger partial charge in [-0.3, -0.25) is 4.79 Å². The fourth-order valence-corrected chi connectivity index (χ4v) is 2.77. The van der Waals surface area contributed by atoms with Crippen LogP contribution in [-0.4, -0.2) is 10.9 Å². The molecule has 1 atom stereocenters. The SMILES string of the molecule is Cc1cc(O)c2c(c1)C(C)c1ccccc1C2=O. The Hall–Kier alpha value is -2.09. The molecule has 90 valence electrons. The van der Waals surface area contributed by atoms with Gasteiger partial charge >= 0.3 is 0 Å². The number of carbonyl (C=O) groups excluding carboxylic acids is 1. The molecule has 0 aliphatic heterocycles. The van der Waals surface area contributed by atoms with Crippen molar-refractivity contribution in [2.24, 2.45) is 0 Å². The van der Waals surface area contributed by atoms with Crippen LogP contribution in [0.4, 0.5) is 0 Å². The largest absolute Gasteiger partial charge is 0.507 e. The number of ketones is 1. The van der Waals surface area contributed by atoms with Crippen LogP contribution in [0.15, 0.2) is 36.4 Å². The van der Waals surface area contributed by atoms with Gasteiger partial charge in [-0.2, -0.15) is 0 Å². The van der Waals surface area contributed by atoms with Gasteiger partial charge < -0.3 is 5.11 Å².